The smallest absolute Gasteiger partial charge is 0.743 e. The summed E-state index contributed by atoms with van der Waals surface area (Å²) in [4.78, 5) is 0. The van der Waals surface area contributed by atoms with E-state index in [0.29, 0.717) is 0 Å². The minimum atomic E-state index is -6.64. The van der Waals surface area contributed by atoms with Crippen LogP contribution in [0.5, 0.6) is 0 Å². The normalized spacial score (nSPS) is 14.2. The first-order valence-corrected chi connectivity index (χ1v) is 5.39. The van der Waals surface area contributed by atoms with Crippen LogP contribution in [0.3, 0.4) is 0 Å². The third kappa shape index (κ3) is 5.34. The molecule has 104 valence electrons. The Bertz CT molecular complexity index is 364. The van der Waals surface area contributed by atoms with Crippen molar-refractivity contribution >= 4 is 10.1 Å². The van der Waals surface area contributed by atoms with Gasteiger partial charge < -0.3 is 4.55 Å². The Morgan fingerprint density at radius 2 is 1.28 bits per heavy atom. The van der Waals surface area contributed by atoms with Crippen molar-refractivity contribution in [1.82, 2.24) is 0 Å². The van der Waals surface area contributed by atoms with E-state index < -0.39 is 46.7 Å². The molecule has 0 bridgehead atoms. The Morgan fingerprint density at radius 3 is 1.56 bits per heavy atom. The monoisotopic (exact) mass is 298 g/mol. The quantitative estimate of drug-likeness (QED) is 0.390. The molecule has 0 aromatic rings. The molecule has 3 nitrogen and oxygen atoms in total. The molecule has 12 heteroatoms. The van der Waals surface area contributed by atoms with Crippen LogP contribution in [0.15, 0.2) is 0 Å². The molecule has 0 aliphatic carbocycles. The van der Waals surface area contributed by atoms with Crippen LogP contribution in [0.2, 0.25) is 0 Å². The molecule has 0 fully saturated rings. The van der Waals surface area contributed by atoms with Crippen LogP contribution in [0.1, 0.15) is 19.3 Å². The van der Waals surface area contributed by atoms with Crippen molar-refractivity contribution in [2.75, 3.05) is 0 Å². The Labute approximate surface area is 110 Å². The summed E-state index contributed by atoms with van der Waals surface area (Å²) in [6.07, 6.45) is -10.1. The molecule has 0 radical (unpaired) electrons. The molecule has 0 N–H and O–H groups in total. The molecule has 0 aromatic heterocycles. The third-order valence-corrected chi connectivity index (χ3v) is 2.62. The van der Waals surface area contributed by atoms with E-state index in [1.54, 1.807) is 0 Å². The SMILES string of the molecule is O=S(=O)([O-])C(F)(F)C(F)(F)CCCC(F)(F)F.[Li+]. The van der Waals surface area contributed by atoms with Crippen LogP contribution >= 0.6 is 0 Å². The second-order valence-corrected chi connectivity index (χ2v) is 4.57. The van der Waals surface area contributed by atoms with Gasteiger partial charge in [-0.1, -0.05) is 0 Å². The zero-order chi connectivity index (χ0) is 14.1. The number of halogens is 7. The van der Waals surface area contributed by atoms with Gasteiger partial charge in [-0.2, -0.15) is 30.7 Å². The average molecular weight is 298 g/mol. The van der Waals surface area contributed by atoms with E-state index in [4.69, 9.17) is 0 Å². The van der Waals surface area contributed by atoms with E-state index >= 15 is 0 Å². The molecule has 0 aliphatic rings. The summed E-state index contributed by atoms with van der Waals surface area (Å²) < 4.78 is 114. The molecule has 0 rings (SSSR count). The molecule has 0 unspecified atom stereocenters. The summed E-state index contributed by atoms with van der Waals surface area (Å²) in [7, 11) is -6.64. The Kier molecular flexibility index (Phi) is 6.76. The van der Waals surface area contributed by atoms with E-state index in [0.717, 1.165) is 0 Å². The first kappa shape index (κ1) is 20.3. The van der Waals surface area contributed by atoms with Gasteiger partial charge in [-0.15, -0.1) is 0 Å². The maximum atomic E-state index is 12.6. The summed E-state index contributed by atoms with van der Waals surface area (Å²) in [5.41, 5.74) is 0. The van der Waals surface area contributed by atoms with Gasteiger partial charge in [0.05, 0.1) is 0 Å². The Morgan fingerprint density at radius 1 is 0.889 bits per heavy atom. The topological polar surface area (TPSA) is 57.2 Å². The number of alkyl halides is 7. The summed E-state index contributed by atoms with van der Waals surface area (Å²) in [5.74, 6) is -5.33. The Hall–Kier alpha value is 0.0174. The van der Waals surface area contributed by atoms with E-state index in [2.05, 4.69) is 0 Å². The van der Waals surface area contributed by atoms with Crippen LogP contribution in [-0.2, 0) is 10.1 Å². The minimum Gasteiger partial charge on any atom is -0.743 e. The fourth-order valence-electron chi connectivity index (χ4n) is 0.839. The molecule has 0 saturated carbocycles. The molecule has 0 atom stereocenters. The van der Waals surface area contributed by atoms with Crippen molar-refractivity contribution in [2.24, 2.45) is 0 Å². The third-order valence-electron chi connectivity index (χ3n) is 1.69. The van der Waals surface area contributed by atoms with Crippen LogP contribution in [-0.4, -0.2) is 30.3 Å². The van der Waals surface area contributed by atoms with E-state index in [1.807, 2.05) is 0 Å². The summed E-state index contributed by atoms with van der Waals surface area (Å²) in [5, 5.41) is -5.93. The van der Waals surface area contributed by atoms with Gasteiger partial charge in [0, 0.05) is 12.8 Å². The van der Waals surface area contributed by atoms with Gasteiger partial charge in [0.15, 0.2) is 10.1 Å². The number of hydrogen-bond donors (Lipinski definition) is 0. The molecule has 0 spiro atoms. The van der Waals surface area contributed by atoms with Gasteiger partial charge in [-0.05, 0) is 6.42 Å². The second-order valence-electron chi connectivity index (χ2n) is 3.14. The second kappa shape index (κ2) is 5.98. The van der Waals surface area contributed by atoms with Crippen LogP contribution in [0.4, 0.5) is 30.7 Å². The molecular weight excluding hydrogens is 292 g/mol. The van der Waals surface area contributed by atoms with Crippen molar-refractivity contribution in [3.63, 3.8) is 0 Å². The molecule has 18 heavy (non-hydrogen) atoms. The summed E-state index contributed by atoms with van der Waals surface area (Å²) >= 11 is 0. The van der Waals surface area contributed by atoms with Gasteiger partial charge in [0.25, 0.3) is 0 Å². The molecule has 0 aromatic carbocycles. The average Bonchev–Trinajstić information content (AvgIpc) is 1.98. The molecule has 0 saturated heterocycles. The fourth-order valence-corrected chi connectivity index (χ4v) is 1.31. The maximum absolute atomic E-state index is 12.6. The summed E-state index contributed by atoms with van der Waals surface area (Å²) in [6.45, 7) is 0. The van der Waals surface area contributed by atoms with Gasteiger partial charge in [0.2, 0.25) is 0 Å². The van der Waals surface area contributed by atoms with Crippen LogP contribution < -0.4 is 18.9 Å². The van der Waals surface area contributed by atoms with Crippen molar-refractivity contribution in [1.29, 1.82) is 0 Å². The number of rotatable bonds is 5. The standard InChI is InChI=1S/C6H7F7O3S.Li/c7-4(8,2-1-3-5(9,10)11)6(12,13)17(14,15)16;/h1-3H2,(H,14,15,16);/q;+1/p-1. The first-order chi connectivity index (χ1) is 7.21. The molecular formula is C6H6F7LiO3S. The predicted octanol–water partition coefficient (Wildman–Crippen LogP) is -0.504. The largest absolute Gasteiger partial charge is 1.00 e. The van der Waals surface area contributed by atoms with Gasteiger partial charge in [0.1, 0.15) is 0 Å². The number of hydrogen-bond acceptors (Lipinski definition) is 3. The van der Waals surface area contributed by atoms with Gasteiger partial charge >= 0.3 is 36.2 Å². The van der Waals surface area contributed by atoms with Gasteiger partial charge in [-0.25, -0.2) is 8.42 Å². The molecule has 0 heterocycles. The zero-order valence-electron chi connectivity index (χ0n) is 8.90. The Balaban J connectivity index is 0. The van der Waals surface area contributed by atoms with E-state index in [-0.39, 0.29) is 18.9 Å². The molecule has 0 aliphatic heterocycles. The van der Waals surface area contributed by atoms with Crippen molar-refractivity contribution in [3.8, 4) is 0 Å². The van der Waals surface area contributed by atoms with Crippen LogP contribution in [0, 0.1) is 0 Å². The van der Waals surface area contributed by atoms with E-state index in [1.165, 1.54) is 0 Å². The minimum absolute atomic E-state index is 0. The fraction of sp³-hybridized carbons (Fsp3) is 1.00. The van der Waals surface area contributed by atoms with Crippen molar-refractivity contribution < 1.29 is 62.6 Å². The van der Waals surface area contributed by atoms with Gasteiger partial charge in [-0.3, -0.25) is 0 Å². The van der Waals surface area contributed by atoms with Crippen molar-refractivity contribution in [3.05, 3.63) is 0 Å². The molecule has 0 amide bonds. The first-order valence-electron chi connectivity index (χ1n) is 3.98. The van der Waals surface area contributed by atoms with Crippen LogP contribution in [0.25, 0.3) is 0 Å². The predicted molar refractivity (Wildman–Crippen MR) is 39.5 cm³/mol. The van der Waals surface area contributed by atoms with Crippen molar-refractivity contribution in [2.45, 2.75) is 36.6 Å². The zero-order valence-corrected chi connectivity index (χ0v) is 9.72. The maximum Gasteiger partial charge on any atom is 1.00 e. The van der Waals surface area contributed by atoms with E-state index in [9.17, 15) is 43.7 Å². The summed E-state index contributed by atoms with van der Waals surface area (Å²) in [6, 6.07) is 0.